The topological polar surface area (TPSA) is 53.1 Å². The number of carbonyl (C=O) groups is 2. The Morgan fingerprint density at radius 1 is 0.970 bits per heavy atom. The molecule has 0 spiro atoms. The Hall–Kier alpha value is -3.32. The maximum absolute atomic E-state index is 14.0. The van der Waals surface area contributed by atoms with E-state index < -0.39 is 5.92 Å². The number of likely N-dealkylation sites (N-methyl/N-ethyl adjacent to an activating group) is 1. The van der Waals surface area contributed by atoms with Crippen molar-refractivity contribution < 1.29 is 14.3 Å². The molecule has 0 aliphatic carbocycles. The average Bonchev–Trinajstić information content (AvgIpc) is 3.40. The molecular formula is C26H27N3O3S. The summed E-state index contributed by atoms with van der Waals surface area (Å²) >= 11 is 1.59. The van der Waals surface area contributed by atoms with E-state index in [1.165, 1.54) is 0 Å². The summed E-state index contributed by atoms with van der Waals surface area (Å²) in [6, 6.07) is 19.2. The SMILES string of the molecule is COc1ccccc1N1CCN(C(=O)[C@@H]2c3ccccc3C(=O)N(C)[C@@H]2c2cccs2)CC1. The number of amides is 2. The van der Waals surface area contributed by atoms with Gasteiger partial charge >= 0.3 is 0 Å². The van der Waals surface area contributed by atoms with Crippen LogP contribution in [0.1, 0.15) is 32.8 Å². The Morgan fingerprint density at radius 2 is 1.70 bits per heavy atom. The van der Waals surface area contributed by atoms with Crippen LogP contribution in [0.25, 0.3) is 0 Å². The van der Waals surface area contributed by atoms with Crippen molar-refractivity contribution in [2.24, 2.45) is 0 Å². The second-order valence-electron chi connectivity index (χ2n) is 8.43. The monoisotopic (exact) mass is 461 g/mol. The highest BCUT2D eigenvalue weighted by molar-refractivity contribution is 7.10. The summed E-state index contributed by atoms with van der Waals surface area (Å²) < 4.78 is 5.53. The van der Waals surface area contributed by atoms with Gasteiger partial charge in [0.1, 0.15) is 5.75 Å². The van der Waals surface area contributed by atoms with Crippen LogP contribution in [0.3, 0.4) is 0 Å². The van der Waals surface area contributed by atoms with Crippen LogP contribution in [0.15, 0.2) is 66.0 Å². The molecule has 2 aliphatic rings. The zero-order chi connectivity index (χ0) is 22.9. The molecule has 1 fully saturated rings. The van der Waals surface area contributed by atoms with E-state index in [2.05, 4.69) is 11.0 Å². The maximum atomic E-state index is 14.0. The fraction of sp³-hybridized carbons (Fsp3) is 0.308. The third-order valence-corrected chi connectivity index (χ3v) is 7.64. The van der Waals surface area contributed by atoms with Crippen LogP contribution in [0, 0.1) is 0 Å². The van der Waals surface area contributed by atoms with Crippen LogP contribution < -0.4 is 9.64 Å². The van der Waals surface area contributed by atoms with Crippen LogP contribution in [0.5, 0.6) is 5.75 Å². The lowest BCUT2D eigenvalue weighted by atomic mass is 9.81. The Morgan fingerprint density at radius 3 is 2.42 bits per heavy atom. The normalized spacial score (nSPS) is 20.5. The molecule has 1 saturated heterocycles. The molecule has 3 aromatic rings. The van der Waals surface area contributed by atoms with Gasteiger partial charge in [0.25, 0.3) is 5.91 Å². The molecular weight excluding hydrogens is 434 g/mol. The van der Waals surface area contributed by atoms with Gasteiger partial charge in [0.05, 0.1) is 24.8 Å². The number of rotatable bonds is 4. The molecule has 0 bridgehead atoms. The maximum Gasteiger partial charge on any atom is 0.254 e. The standard InChI is InChI=1S/C26H27N3O3S/c1-27-24(22-12-7-17-33-22)23(18-8-3-4-9-19(18)25(27)30)26(31)29-15-13-28(14-16-29)20-10-5-6-11-21(20)32-2/h3-12,17,23-24H,13-16H2,1-2H3/t23-,24-/m1/s1. The number of methoxy groups -OCH3 is 1. The van der Waals surface area contributed by atoms with Gasteiger partial charge in [-0.1, -0.05) is 36.4 Å². The number of ether oxygens (including phenoxy) is 1. The molecule has 7 heteroatoms. The third-order valence-electron chi connectivity index (χ3n) is 6.70. The molecule has 0 radical (unpaired) electrons. The number of anilines is 1. The summed E-state index contributed by atoms with van der Waals surface area (Å²) in [6.45, 7) is 2.73. The highest BCUT2D eigenvalue weighted by Gasteiger charge is 2.44. The van der Waals surface area contributed by atoms with E-state index in [-0.39, 0.29) is 17.9 Å². The lowest BCUT2D eigenvalue weighted by molar-refractivity contribution is -0.134. The predicted molar refractivity (Wildman–Crippen MR) is 130 cm³/mol. The van der Waals surface area contributed by atoms with Crippen LogP contribution in [0.4, 0.5) is 5.69 Å². The number of fused-ring (bicyclic) bond motifs is 1. The van der Waals surface area contributed by atoms with Crippen molar-refractivity contribution in [3.63, 3.8) is 0 Å². The summed E-state index contributed by atoms with van der Waals surface area (Å²) in [5, 5.41) is 2.00. The molecule has 33 heavy (non-hydrogen) atoms. The first-order valence-electron chi connectivity index (χ1n) is 11.2. The summed E-state index contributed by atoms with van der Waals surface area (Å²) in [4.78, 5) is 34.1. The fourth-order valence-corrected chi connectivity index (χ4v) is 5.92. The van der Waals surface area contributed by atoms with Gasteiger partial charge in [0.15, 0.2) is 0 Å². The largest absolute Gasteiger partial charge is 0.495 e. The van der Waals surface area contributed by atoms with Crippen LogP contribution in [-0.4, -0.2) is 62.0 Å². The van der Waals surface area contributed by atoms with Crippen molar-refractivity contribution in [3.05, 3.63) is 82.0 Å². The molecule has 170 valence electrons. The molecule has 2 aliphatic heterocycles. The number of nitrogens with zero attached hydrogens (tertiary/aromatic N) is 3. The third kappa shape index (κ3) is 3.76. The molecule has 2 aromatic carbocycles. The minimum absolute atomic E-state index is 0.0333. The number of hydrogen-bond donors (Lipinski definition) is 0. The van der Waals surface area contributed by atoms with E-state index in [1.807, 2.05) is 71.9 Å². The van der Waals surface area contributed by atoms with Crippen molar-refractivity contribution in [2.45, 2.75) is 12.0 Å². The van der Waals surface area contributed by atoms with E-state index in [9.17, 15) is 9.59 Å². The van der Waals surface area contributed by atoms with E-state index in [4.69, 9.17) is 4.74 Å². The molecule has 6 nitrogen and oxygen atoms in total. The van der Waals surface area contributed by atoms with Gasteiger partial charge < -0.3 is 19.4 Å². The average molecular weight is 462 g/mol. The van der Waals surface area contributed by atoms with Gasteiger partial charge in [-0.3, -0.25) is 9.59 Å². The molecule has 0 saturated carbocycles. The number of para-hydroxylation sites is 2. The number of benzene rings is 2. The molecule has 3 heterocycles. The van der Waals surface area contributed by atoms with E-state index in [0.717, 1.165) is 35.0 Å². The van der Waals surface area contributed by atoms with Crippen LogP contribution in [0.2, 0.25) is 0 Å². The summed E-state index contributed by atoms with van der Waals surface area (Å²) in [5.74, 6) is 0.477. The minimum Gasteiger partial charge on any atom is -0.495 e. The van der Waals surface area contributed by atoms with Crippen LogP contribution in [-0.2, 0) is 4.79 Å². The first kappa shape index (κ1) is 21.5. The lowest BCUT2D eigenvalue weighted by Gasteiger charge is -2.43. The Kier molecular flexibility index (Phi) is 5.81. The van der Waals surface area contributed by atoms with Gasteiger partial charge in [-0.05, 0) is 35.2 Å². The van der Waals surface area contributed by atoms with Crippen molar-refractivity contribution >= 4 is 28.8 Å². The molecule has 0 unspecified atom stereocenters. The molecule has 1 aromatic heterocycles. The van der Waals surface area contributed by atoms with E-state index in [1.54, 1.807) is 23.3 Å². The summed E-state index contributed by atoms with van der Waals surface area (Å²) in [5.41, 5.74) is 2.51. The van der Waals surface area contributed by atoms with Crippen LogP contribution >= 0.6 is 11.3 Å². The van der Waals surface area contributed by atoms with Gasteiger partial charge in [-0.2, -0.15) is 0 Å². The minimum atomic E-state index is -0.416. The highest BCUT2D eigenvalue weighted by atomic mass is 32.1. The molecule has 0 N–H and O–H groups in total. The number of piperazine rings is 1. The molecule has 5 rings (SSSR count). The fourth-order valence-electron chi connectivity index (χ4n) is 5.01. The molecule has 2 amide bonds. The highest BCUT2D eigenvalue weighted by Crippen LogP contribution is 2.44. The van der Waals surface area contributed by atoms with Gasteiger partial charge in [0.2, 0.25) is 5.91 Å². The van der Waals surface area contributed by atoms with E-state index in [0.29, 0.717) is 18.7 Å². The second kappa shape index (κ2) is 8.90. The summed E-state index contributed by atoms with van der Waals surface area (Å²) in [7, 11) is 3.49. The van der Waals surface area contributed by atoms with Crippen molar-refractivity contribution in [1.82, 2.24) is 9.80 Å². The molecule has 2 atom stereocenters. The Labute approximate surface area is 198 Å². The number of carbonyl (C=O) groups excluding carboxylic acids is 2. The number of hydrogen-bond acceptors (Lipinski definition) is 5. The zero-order valence-electron chi connectivity index (χ0n) is 18.8. The first-order chi connectivity index (χ1) is 16.1. The van der Waals surface area contributed by atoms with E-state index >= 15 is 0 Å². The lowest BCUT2D eigenvalue weighted by Crippen LogP contribution is -2.53. The van der Waals surface area contributed by atoms with Gasteiger partial charge in [-0.15, -0.1) is 11.3 Å². The number of thiophene rings is 1. The first-order valence-corrected chi connectivity index (χ1v) is 12.0. The smallest absolute Gasteiger partial charge is 0.254 e. The summed E-state index contributed by atoms with van der Waals surface area (Å²) in [6.07, 6.45) is 0. The van der Waals surface area contributed by atoms with Gasteiger partial charge in [0, 0.05) is 43.7 Å². The van der Waals surface area contributed by atoms with Gasteiger partial charge in [-0.25, -0.2) is 0 Å². The Bertz CT molecular complexity index is 1160. The zero-order valence-corrected chi connectivity index (χ0v) is 19.6. The Balaban J connectivity index is 1.43. The van der Waals surface area contributed by atoms with Crippen molar-refractivity contribution in [2.75, 3.05) is 45.2 Å². The van der Waals surface area contributed by atoms with Crippen molar-refractivity contribution in [1.29, 1.82) is 0 Å². The predicted octanol–water partition coefficient (Wildman–Crippen LogP) is 4.02. The second-order valence-corrected chi connectivity index (χ2v) is 9.40. The quantitative estimate of drug-likeness (QED) is 0.589. The van der Waals surface area contributed by atoms with Crippen molar-refractivity contribution in [3.8, 4) is 5.75 Å².